The highest BCUT2D eigenvalue weighted by atomic mass is 16.8. The van der Waals surface area contributed by atoms with E-state index in [0.717, 1.165) is 0 Å². The number of amides is 2. The summed E-state index contributed by atoms with van der Waals surface area (Å²) in [6.45, 7) is 0.339. The average molecular weight is 353 g/mol. The van der Waals surface area contributed by atoms with E-state index in [1.807, 2.05) is 0 Å². The van der Waals surface area contributed by atoms with Crippen LogP contribution in [0.15, 0.2) is 0 Å². The van der Waals surface area contributed by atoms with Crippen molar-refractivity contribution in [2.45, 2.75) is 19.3 Å². The van der Waals surface area contributed by atoms with Crippen molar-refractivity contribution in [2.75, 3.05) is 20.8 Å². The highest BCUT2D eigenvalue weighted by Crippen LogP contribution is 2.54. The van der Waals surface area contributed by atoms with Gasteiger partial charge in [-0.2, -0.15) is 0 Å². The maximum atomic E-state index is 12.0. The summed E-state index contributed by atoms with van der Waals surface area (Å²) in [5, 5.41) is 10.6. The Morgan fingerprint density at radius 2 is 1.68 bits per heavy atom. The number of phenols is 1. The van der Waals surface area contributed by atoms with Crippen LogP contribution >= 0.6 is 0 Å². The number of carbonyl (C=O) groups is 3. The van der Waals surface area contributed by atoms with E-state index in [1.165, 1.54) is 14.2 Å². The molecule has 1 aromatic carbocycles. The maximum absolute atomic E-state index is 12.0. The van der Waals surface area contributed by atoms with Gasteiger partial charge in [0.2, 0.25) is 17.2 Å². The second kappa shape index (κ2) is 6.38. The molecule has 1 fully saturated rings. The van der Waals surface area contributed by atoms with Gasteiger partial charge in [0.1, 0.15) is 0 Å². The zero-order valence-corrected chi connectivity index (χ0v) is 13.5. The van der Waals surface area contributed by atoms with Crippen LogP contribution in [0.4, 0.5) is 4.79 Å². The number of methoxy groups -OCH3 is 2. The van der Waals surface area contributed by atoms with Crippen molar-refractivity contribution in [3.63, 3.8) is 0 Å². The van der Waals surface area contributed by atoms with Crippen LogP contribution in [-0.2, 0) is 20.8 Å². The molecule has 2 aliphatic rings. The monoisotopic (exact) mass is 353 g/mol. The summed E-state index contributed by atoms with van der Waals surface area (Å²) >= 11 is 0. The van der Waals surface area contributed by atoms with Gasteiger partial charge in [0.25, 0.3) is 11.8 Å². The minimum absolute atomic E-state index is 0.0237. The minimum Gasteiger partial charge on any atom is -0.501 e. The second-order valence-corrected chi connectivity index (χ2v) is 5.18. The van der Waals surface area contributed by atoms with Gasteiger partial charge in [-0.15, -0.1) is 0 Å². The van der Waals surface area contributed by atoms with Crippen LogP contribution in [0.25, 0.3) is 0 Å². The fourth-order valence-electron chi connectivity index (χ4n) is 2.66. The van der Waals surface area contributed by atoms with Gasteiger partial charge in [-0.05, 0) is 0 Å². The van der Waals surface area contributed by atoms with E-state index in [-0.39, 0.29) is 30.1 Å². The van der Waals surface area contributed by atoms with Gasteiger partial charge < -0.3 is 24.1 Å². The number of benzene rings is 1. The molecule has 0 aromatic heterocycles. The van der Waals surface area contributed by atoms with E-state index in [0.29, 0.717) is 29.4 Å². The summed E-state index contributed by atoms with van der Waals surface area (Å²) in [4.78, 5) is 39.5. The van der Waals surface area contributed by atoms with Gasteiger partial charge in [0.15, 0.2) is 11.5 Å². The Hall–Kier alpha value is -3.17. The van der Waals surface area contributed by atoms with Gasteiger partial charge >= 0.3 is 6.16 Å². The number of hydroxylamine groups is 2. The number of hydrogen-bond acceptors (Lipinski definition) is 9. The van der Waals surface area contributed by atoms with Crippen molar-refractivity contribution in [3.8, 4) is 28.7 Å². The number of carbonyl (C=O) groups excluding carboxylic acids is 3. The number of rotatable bonds is 4. The van der Waals surface area contributed by atoms with Crippen LogP contribution in [0.2, 0.25) is 0 Å². The molecule has 0 unspecified atom stereocenters. The lowest BCUT2D eigenvalue weighted by Gasteiger charge is -2.18. The van der Waals surface area contributed by atoms with E-state index in [1.54, 1.807) is 0 Å². The van der Waals surface area contributed by atoms with Crippen molar-refractivity contribution < 1.29 is 43.3 Å². The molecule has 2 aliphatic heterocycles. The summed E-state index contributed by atoms with van der Waals surface area (Å²) in [5.41, 5.74) is 0.549. The average Bonchev–Trinajstić information content (AvgIpc) is 3.18. The first kappa shape index (κ1) is 16.7. The Morgan fingerprint density at radius 3 is 2.28 bits per heavy atom. The summed E-state index contributed by atoms with van der Waals surface area (Å²) in [5.74, 6) is -1.85. The highest BCUT2D eigenvalue weighted by molar-refractivity contribution is 6.01. The van der Waals surface area contributed by atoms with Crippen molar-refractivity contribution in [2.24, 2.45) is 0 Å². The first-order valence-corrected chi connectivity index (χ1v) is 7.36. The first-order chi connectivity index (χ1) is 12.0. The van der Waals surface area contributed by atoms with Gasteiger partial charge in [-0.3, -0.25) is 14.4 Å². The van der Waals surface area contributed by atoms with E-state index >= 15 is 0 Å². The van der Waals surface area contributed by atoms with Gasteiger partial charge in [0.05, 0.1) is 20.8 Å². The Morgan fingerprint density at radius 1 is 1.04 bits per heavy atom. The zero-order valence-electron chi connectivity index (χ0n) is 13.5. The third-order valence-corrected chi connectivity index (χ3v) is 3.75. The van der Waals surface area contributed by atoms with Gasteiger partial charge in [0, 0.05) is 24.8 Å². The fourth-order valence-corrected chi connectivity index (χ4v) is 2.66. The topological polar surface area (TPSA) is 121 Å². The third kappa shape index (κ3) is 2.75. The summed E-state index contributed by atoms with van der Waals surface area (Å²) in [6, 6.07) is 0. The van der Waals surface area contributed by atoms with Crippen molar-refractivity contribution in [1.29, 1.82) is 0 Å². The van der Waals surface area contributed by atoms with Gasteiger partial charge in [-0.25, -0.2) is 4.79 Å². The van der Waals surface area contributed by atoms with E-state index in [9.17, 15) is 19.5 Å². The van der Waals surface area contributed by atoms with Crippen LogP contribution in [0.1, 0.15) is 18.4 Å². The third-order valence-electron chi connectivity index (χ3n) is 3.75. The number of phenolic OH excluding ortho intramolecular Hbond substituents is 1. The number of hydrogen-bond donors (Lipinski definition) is 1. The molecule has 3 rings (SSSR count). The normalized spacial score (nSPS) is 15.7. The lowest BCUT2D eigenvalue weighted by molar-refractivity contribution is -0.174. The van der Waals surface area contributed by atoms with Crippen molar-refractivity contribution >= 4 is 18.0 Å². The maximum Gasteiger partial charge on any atom is 0.539 e. The molecule has 10 nitrogen and oxygen atoms in total. The molecule has 1 aromatic rings. The smallest absolute Gasteiger partial charge is 0.501 e. The molecule has 25 heavy (non-hydrogen) atoms. The molecule has 0 atom stereocenters. The number of aromatic hydroxyl groups is 1. The summed E-state index contributed by atoms with van der Waals surface area (Å²) in [7, 11) is 2.64. The van der Waals surface area contributed by atoms with Crippen LogP contribution in [0, 0.1) is 0 Å². The fraction of sp³-hybridized carbons (Fsp3) is 0.400. The highest BCUT2D eigenvalue weighted by Gasteiger charge is 2.36. The minimum atomic E-state index is -1.38. The lowest BCUT2D eigenvalue weighted by atomic mass is 10.1. The molecule has 2 amide bonds. The number of imide groups is 1. The summed E-state index contributed by atoms with van der Waals surface area (Å²) in [6.07, 6.45) is -1.03. The summed E-state index contributed by atoms with van der Waals surface area (Å²) < 4.78 is 20.7. The molecule has 1 N–H and O–H groups in total. The number of fused-ring (bicyclic) bond motifs is 1. The van der Waals surface area contributed by atoms with Crippen LogP contribution in [0.5, 0.6) is 28.7 Å². The largest absolute Gasteiger partial charge is 0.539 e. The Balaban J connectivity index is 1.90. The predicted octanol–water partition coefficient (Wildman–Crippen LogP) is 0.924. The molecule has 0 bridgehead atoms. The Bertz CT molecular complexity index is 742. The second-order valence-electron chi connectivity index (χ2n) is 5.18. The molecule has 0 saturated carbocycles. The molecule has 0 spiro atoms. The van der Waals surface area contributed by atoms with Crippen molar-refractivity contribution in [1.82, 2.24) is 5.06 Å². The Labute approximate surface area is 141 Å². The lowest BCUT2D eigenvalue weighted by Crippen LogP contribution is -2.33. The molecular formula is C15H15NO9. The van der Waals surface area contributed by atoms with Crippen LogP contribution < -0.4 is 18.9 Å². The van der Waals surface area contributed by atoms with Crippen LogP contribution in [-0.4, -0.2) is 49.0 Å². The van der Waals surface area contributed by atoms with E-state index in [4.69, 9.17) is 18.9 Å². The molecule has 0 radical (unpaired) electrons. The molecular weight excluding hydrogens is 338 g/mol. The zero-order chi connectivity index (χ0) is 18.1. The van der Waals surface area contributed by atoms with Crippen LogP contribution in [0.3, 0.4) is 0 Å². The Kier molecular flexibility index (Phi) is 4.26. The van der Waals surface area contributed by atoms with E-state index < -0.39 is 23.7 Å². The standard InChI is InChI=1S/C15H15NO9/c1-21-11-7-5-6-23-12(7)13(22-2)10(19)14(11)24-15(20)25-16-8(17)3-4-9(16)18/h19H,3-6H2,1-2H3. The number of ether oxygens (including phenoxy) is 4. The van der Waals surface area contributed by atoms with Crippen molar-refractivity contribution in [3.05, 3.63) is 5.56 Å². The molecule has 1 saturated heterocycles. The quantitative estimate of drug-likeness (QED) is 0.478. The molecule has 10 heteroatoms. The molecule has 0 aliphatic carbocycles. The SMILES string of the molecule is COc1c(O)c(OC(=O)ON2C(=O)CCC2=O)c(OC)c2c1OCC2. The van der Waals surface area contributed by atoms with Gasteiger partial charge in [-0.1, -0.05) is 5.06 Å². The predicted molar refractivity (Wildman–Crippen MR) is 78.6 cm³/mol. The van der Waals surface area contributed by atoms with E-state index in [2.05, 4.69) is 4.84 Å². The number of nitrogens with zero attached hydrogens (tertiary/aromatic N) is 1. The molecule has 2 heterocycles. The molecule has 134 valence electrons. The first-order valence-electron chi connectivity index (χ1n) is 7.36.